The Kier molecular flexibility index (Phi) is 3.58. The van der Waals surface area contributed by atoms with E-state index >= 15 is 0 Å². The maximum Gasteiger partial charge on any atom is 0.0482 e. The van der Waals surface area contributed by atoms with E-state index in [1.807, 2.05) is 0 Å². The van der Waals surface area contributed by atoms with Crippen LogP contribution in [0.25, 0.3) is 10.9 Å². The van der Waals surface area contributed by atoms with Gasteiger partial charge in [0.05, 0.1) is 0 Å². The standard InChI is InChI=1S/C16H23N3/c1-3-19-13(2)10-15-11-14(4-5-16(15)19)12-18-8-6-17-7-9-18/h4-5,10-11,17H,3,6-9,12H2,1-2H3. The number of nitrogens with one attached hydrogen (secondary N) is 1. The van der Waals surface area contributed by atoms with Crippen LogP contribution in [-0.2, 0) is 13.1 Å². The summed E-state index contributed by atoms with van der Waals surface area (Å²) < 4.78 is 2.38. The quantitative estimate of drug-likeness (QED) is 0.911. The van der Waals surface area contributed by atoms with Gasteiger partial charge in [0, 0.05) is 55.9 Å². The smallest absolute Gasteiger partial charge is 0.0482 e. The first-order valence-electron chi connectivity index (χ1n) is 7.30. The molecule has 1 fully saturated rings. The molecule has 1 aromatic heterocycles. The summed E-state index contributed by atoms with van der Waals surface area (Å²) in [5.74, 6) is 0. The number of fused-ring (bicyclic) bond motifs is 1. The van der Waals surface area contributed by atoms with Crippen LogP contribution < -0.4 is 5.32 Å². The van der Waals surface area contributed by atoms with Crippen molar-refractivity contribution in [3.63, 3.8) is 0 Å². The molecule has 1 aliphatic rings. The molecule has 2 heterocycles. The molecule has 3 nitrogen and oxygen atoms in total. The van der Waals surface area contributed by atoms with Gasteiger partial charge in [0.1, 0.15) is 0 Å². The van der Waals surface area contributed by atoms with Gasteiger partial charge in [-0.3, -0.25) is 4.90 Å². The van der Waals surface area contributed by atoms with Crippen molar-refractivity contribution >= 4 is 10.9 Å². The summed E-state index contributed by atoms with van der Waals surface area (Å²) in [5.41, 5.74) is 4.16. The van der Waals surface area contributed by atoms with Crippen molar-refractivity contribution in [1.29, 1.82) is 0 Å². The molecule has 0 aliphatic carbocycles. The first-order chi connectivity index (χ1) is 9.28. The lowest BCUT2D eigenvalue weighted by Crippen LogP contribution is -2.42. The van der Waals surface area contributed by atoms with Gasteiger partial charge >= 0.3 is 0 Å². The van der Waals surface area contributed by atoms with Crippen molar-refractivity contribution in [3.8, 4) is 0 Å². The Labute approximate surface area is 115 Å². The SMILES string of the molecule is CCn1c(C)cc2cc(CN3CCNCC3)ccc21. The lowest BCUT2D eigenvalue weighted by atomic mass is 10.1. The van der Waals surface area contributed by atoms with Crippen molar-refractivity contribution in [2.24, 2.45) is 0 Å². The van der Waals surface area contributed by atoms with Crippen molar-refractivity contribution in [2.45, 2.75) is 26.9 Å². The minimum Gasteiger partial charge on any atom is -0.345 e. The average molecular weight is 257 g/mol. The molecule has 3 rings (SSSR count). The highest BCUT2D eigenvalue weighted by atomic mass is 15.2. The number of piperazine rings is 1. The summed E-state index contributed by atoms with van der Waals surface area (Å²) in [6.07, 6.45) is 0. The van der Waals surface area contributed by atoms with Crippen molar-refractivity contribution in [1.82, 2.24) is 14.8 Å². The fourth-order valence-corrected chi connectivity index (χ4v) is 3.10. The Morgan fingerprint density at radius 3 is 2.68 bits per heavy atom. The monoisotopic (exact) mass is 257 g/mol. The maximum absolute atomic E-state index is 3.40. The van der Waals surface area contributed by atoms with E-state index in [9.17, 15) is 0 Å². The second-order valence-electron chi connectivity index (χ2n) is 5.45. The van der Waals surface area contributed by atoms with E-state index in [4.69, 9.17) is 0 Å². The van der Waals surface area contributed by atoms with Crippen molar-refractivity contribution in [2.75, 3.05) is 26.2 Å². The van der Waals surface area contributed by atoms with Crippen molar-refractivity contribution < 1.29 is 0 Å². The van der Waals surface area contributed by atoms with E-state index in [0.29, 0.717) is 0 Å². The van der Waals surface area contributed by atoms with E-state index in [1.54, 1.807) is 0 Å². The molecule has 0 saturated carbocycles. The maximum atomic E-state index is 3.40. The molecule has 0 radical (unpaired) electrons. The van der Waals surface area contributed by atoms with E-state index in [-0.39, 0.29) is 0 Å². The van der Waals surface area contributed by atoms with Gasteiger partial charge in [0.25, 0.3) is 0 Å². The summed E-state index contributed by atoms with van der Waals surface area (Å²) in [4.78, 5) is 2.53. The minimum atomic E-state index is 1.05. The molecular weight excluding hydrogens is 234 g/mol. The van der Waals surface area contributed by atoms with Crippen molar-refractivity contribution in [3.05, 3.63) is 35.5 Å². The second kappa shape index (κ2) is 5.35. The first-order valence-corrected chi connectivity index (χ1v) is 7.30. The Hall–Kier alpha value is -1.32. The molecule has 0 atom stereocenters. The average Bonchev–Trinajstić information content (AvgIpc) is 2.74. The third kappa shape index (κ3) is 2.53. The molecule has 3 heteroatoms. The Bertz CT molecular complexity index is 565. The van der Waals surface area contributed by atoms with Gasteiger partial charge in [-0.2, -0.15) is 0 Å². The van der Waals surface area contributed by atoms with E-state index in [0.717, 1.165) is 39.3 Å². The van der Waals surface area contributed by atoms with Crippen LogP contribution in [-0.4, -0.2) is 35.6 Å². The summed E-state index contributed by atoms with van der Waals surface area (Å²) in [6.45, 7) is 11.1. The Morgan fingerprint density at radius 1 is 1.16 bits per heavy atom. The molecule has 1 aliphatic heterocycles. The highest BCUT2D eigenvalue weighted by Gasteiger charge is 2.11. The van der Waals surface area contributed by atoms with Gasteiger partial charge in [-0.05, 0) is 37.6 Å². The predicted molar refractivity (Wildman–Crippen MR) is 80.5 cm³/mol. The van der Waals surface area contributed by atoms with Crippen LogP contribution in [0.2, 0.25) is 0 Å². The molecule has 1 saturated heterocycles. The number of rotatable bonds is 3. The molecule has 0 spiro atoms. The van der Waals surface area contributed by atoms with Gasteiger partial charge in [0.15, 0.2) is 0 Å². The fraction of sp³-hybridized carbons (Fsp3) is 0.500. The number of aryl methyl sites for hydroxylation is 2. The first kappa shape index (κ1) is 12.7. The third-order valence-corrected chi connectivity index (χ3v) is 4.10. The molecule has 0 unspecified atom stereocenters. The van der Waals surface area contributed by atoms with Gasteiger partial charge in [-0.1, -0.05) is 6.07 Å². The Morgan fingerprint density at radius 2 is 1.95 bits per heavy atom. The van der Waals surface area contributed by atoms with Crippen LogP contribution in [0.15, 0.2) is 24.3 Å². The number of nitrogens with zero attached hydrogens (tertiary/aromatic N) is 2. The van der Waals surface area contributed by atoms with Crippen LogP contribution in [0, 0.1) is 6.92 Å². The highest BCUT2D eigenvalue weighted by Crippen LogP contribution is 2.21. The minimum absolute atomic E-state index is 1.05. The van der Waals surface area contributed by atoms with Gasteiger partial charge < -0.3 is 9.88 Å². The fourth-order valence-electron chi connectivity index (χ4n) is 3.10. The number of benzene rings is 1. The summed E-state index contributed by atoms with van der Waals surface area (Å²) in [5, 5.41) is 4.78. The largest absolute Gasteiger partial charge is 0.345 e. The lowest BCUT2D eigenvalue weighted by Gasteiger charge is -2.27. The molecular formula is C16H23N3. The molecule has 19 heavy (non-hydrogen) atoms. The molecule has 0 bridgehead atoms. The van der Waals surface area contributed by atoms with E-state index < -0.39 is 0 Å². The molecule has 102 valence electrons. The van der Waals surface area contributed by atoms with Crippen LogP contribution in [0.3, 0.4) is 0 Å². The molecule has 1 aromatic carbocycles. The van der Waals surface area contributed by atoms with E-state index in [2.05, 4.69) is 52.9 Å². The zero-order chi connectivity index (χ0) is 13.2. The van der Waals surface area contributed by atoms with Gasteiger partial charge in [-0.15, -0.1) is 0 Å². The summed E-state index contributed by atoms with van der Waals surface area (Å²) in [7, 11) is 0. The normalized spacial score (nSPS) is 17.2. The summed E-state index contributed by atoms with van der Waals surface area (Å²) >= 11 is 0. The lowest BCUT2D eigenvalue weighted by molar-refractivity contribution is 0.233. The third-order valence-electron chi connectivity index (χ3n) is 4.10. The zero-order valence-corrected chi connectivity index (χ0v) is 11.9. The van der Waals surface area contributed by atoms with Crippen LogP contribution in [0.4, 0.5) is 0 Å². The molecule has 1 N–H and O–H groups in total. The van der Waals surface area contributed by atoms with Gasteiger partial charge in [-0.25, -0.2) is 0 Å². The van der Waals surface area contributed by atoms with Crippen LogP contribution in [0.1, 0.15) is 18.2 Å². The number of hydrogen-bond acceptors (Lipinski definition) is 2. The van der Waals surface area contributed by atoms with Crippen LogP contribution in [0.5, 0.6) is 0 Å². The van der Waals surface area contributed by atoms with Crippen LogP contribution >= 0.6 is 0 Å². The predicted octanol–water partition coefficient (Wildman–Crippen LogP) is 2.37. The number of hydrogen-bond donors (Lipinski definition) is 1. The van der Waals surface area contributed by atoms with Gasteiger partial charge in [0.2, 0.25) is 0 Å². The second-order valence-corrected chi connectivity index (χ2v) is 5.45. The zero-order valence-electron chi connectivity index (χ0n) is 11.9. The highest BCUT2D eigenvalue weighted by molar-refractivity contribution is 5.82. The molecule has 0 amide bonds. The summed E-state index contributed by atoms with van der Waals surface area (Å²) in [6, 6.07) is 9.23. The molecule has 2 aromatic rings. The number of aromatic nitrogens is 1. The van der Waals surface area contributed by atoms with E-state index in [1.165, 1.54) is 22.2 Å². The Balaban J connectivity index is 1.85. The topological polar surface area (TPSA) is 20.2 Å².